The van der Waals surface area contributed by atoms with Crippen molar-refractivity contribution in [1.29, 1.82) is 0 Å². The molecule has 0 aromatic heterocycles. The lowest BCUT2D eigenvalue weighted by molar-refractivity contribution is -0.132. The van der Waals surface area contributed by atoms with Crippen molar-refractivity contribution < 1.29 is 23.8 Å². The third-order valence-electron chi connectivity index (χ3n) is 3.19. The second-order valence-corrected chi connectivity index (χ2v) is 5.12. The summed E-state index contributed by atoms with van der Waals surface area (Å²) in [7, 11) is 1.16. The number of carbonyl (C=O) groups excluding carboxylic acids is 2. The van der Waals surface area contributed by atoms with Gasteiger partial charge in [0.05, 0.1) is 13.7 Å². The number of benzene rings is 1. The number of nitrogens with one attached hydrogen (secondary N) is 1. The van der Waals surface area contributed by atoms with Crippen molar-refractivity contribution >= 4 is 18.0 Å². The number of halogens is 1. The summed E-state index contributed by atoms with van der Waals surface area (Å²) in [5, 5.41) is 17.9. The van der Waals surface area contributed by atoms with Crippen molar-refractivity contribution in [2.24, 2.45) is 5.10 Å². The van der Waals surface area contributed by atoms with E-state index in [1.165, 1.54) is 17.1 Å². The van der Waals surface area contributed by atoms with Gasteiger partial charge >= 0.3 is 5.97 Å². The summed E-state index contributed by atoms with van der Waals surface area (Å²) in [6.07, 6.45) is 1.27. The Bertz CT molecular complexity index is 617. The smallest absolute Gasteiger partial charge is 0.362 e. The Hall–Kier alpha value is -2.74. The third-order valence-corrected chi connectivity index (χ3v) is 3.19. The molecule has 0 saturated carbocycles. The van der Waals surface area contributed by atoms with Crippen LogP contribution in [-0.2, 0) is 20.9 Å². The zero-order valence-electron chi connectivity index (χ0n) is 14.1. The normalized spacial score (nSPS) is 11.0. The monoisotopic (exact) mass is 351 g/mol. The fraction of sp³-hybridized carbons (Fsp3) is 0.353. The highest BCUT2D eigenvalue weighted by Gasteiger charge is 2.17. The van der Waals surface area contributed by atoms with Gasteiger partial charge in [-0.25, -0.2) is 9.18 Å². The van der Waals surface area contributed by atoms with Crippen molar-refractivity contribution in [2.75, 3.05) is 26.7 Å². The average Bonchev–Trinajstić information content (AvgIpc) is 2.59. The summed E-state index contributed by atoms with van der Waals surface area (Å²) in [6, 6.07) is 6.18. The molecule has 0 saturated heterocycles. The molecule has 0 aliphatic carbocycles. The molecule has 0 aliphatic rings. The van der Waals surface area contributed by atoms with Crippen molar-refractivity contribution in [3.8, 4) is 0 Å². The molecule has 2 N–H and O–H groups in total. The molecular formula is C17H22FN3O4. The van der Waals surface area contributed by atoms with Gasteiger partial charge in [0.25, 0.3) is 0 Å². The van der Waals surface area contributed by atoms with E-state index in [4.69, 9.17) is 0 Å². The summed E-state index contributed by atoms with van der Waals surface area (Å²) >= 11 is 0. The highest BCUT2D eigenvalue weighted by molar-refractivity contribution is 6.42. The number of aldehydes is 1. The molecule has 25 heavy (non-hydrogen) atoms. The lowest BCUT2D eigenvalue weighted by Crippen LogP contribution is -2.29. The Morgan fingerprint density at radius 1 is 1.44 bits per heavy atom. The second kappa shape index (κ2) is 10.9. The van der Waals surface area contributed by atoms with E-state index >= 15 is 0 Å². The zero-order valence-corrected chi connectivity index (χ0v) is 14.1. The fourth-order valence-electron chi connectivity index (χ4n) is 1.94. The van der Waals surface area contributed by atoms with Crippen LogP contribution in [0.5, 0.6) is 0 Å². The highest BCUT2D eigenvalue weighted by Crippen LogP contribution is 2.02. The predicted octanol–water partition coefficient (Wildman–Crippen LogP) is 1.41. The Morgan fingerprint density at radius 3 is 2.68 bits per heavy atom. The molecule has 0 spiro atoms. The van der Waals surface area contributed by atoms with Gasteiger partial charge in [-0.15, -0.1) is 0 Å². The minimum absolute atomic E-state index is 0.0360. The Balaban J connectivity index is 2.49. The van der Waals surface area contributed by atoms with E-state index in [-0.39, 0.29) is 18.1 Å². The number of hydrogen-bond acceptors (Lipinski definition) is 7. The van der Waals surface area contributed by atoms with E-state index in [0.717, 1.165) is 12.7 Å². The molecule has 0 amide bonds. The van der Waals surface area contributed by atoms with E-state index in [9.17, 15) is 19.1 Å². The van der Waals surface area contributed by atoms with Crippen LogP contribution in [-0.4, -0.2) is 54.8 Å². The van der Waals surface area contributed by atoms with Crippen LogP contribution in [0.15, 0.2) is 41.7 Å². The number of hydrogen-bond donors (Lipinski definition) is 2. The summed E-state index contributed by atoms with van der Waals surface area (Å²) in [5.41, 5.74) is 0.609. The number of aliphatic hydroxyl groups is 1. The van der Waals surface area contributed by atoms with Crippen LogP contribution in [0.4, 0.5) is 4.39 Å². The Labute approximate surface area is 145 Å². The number of aliphatic hydroxyl groups excluding tert-OH is 1. The standard InChI is InChI=1S/C17H22FN3O4/c1-13(23)16(17(24)25-2)20-21(10-11-22)9-3-8-19-12-14-4-6-15(18)7-5-14/h4-7,11,19,23H,1,3,8-10,12H2,2H3/b20-16+. The van der Waals surface area contributed by atoms with Crippen LogP contribution in [0.25, 0.3) is 0 Å². The molecule has 0 radical (unpaired) electrons. The molecule has 0 fully saturated rings. The molecule has 8 heteroatoms. The van der Waals surface area contributed by atoms with Gasteiger partial charge in [0, 0.05) is 13.1 Å². The molecule has 1 aromatic rings. The van der Waals surface area contributed by atoms with E-state index < -0.39 is 11.7 Å². The largest absolute Gasteiger partial charge is 0.506 e. The zero-order chi connectivity index (χ0) is 18.7. The number of nitrogens with zero attached hydrogens (tertiary/aromatic N) is 2. The molecule has 136 valence electrons. The van der Waals surface area contributed by atoms with Gasteiger partial charge in [-0.1, -0.05) is 18.7 Å². The first-order chi connectivity index (χ1) is 12.0. The molecule has 1 aromatic carbocycles. The van der Waals surface area contributed by atoms with Crippen LogP contribution < -0.4 is 5.32 Å². The second-order valence-electron chi connectivity index (χ2n) is 5.12. The van der Waals surface area contributed by atoms with Crippen molar-refractivity contribution in [2.45, 2.75) is 13.0 Å². The van der Waals surface area contributed by atoms with Crippen molar-refractivity contribution in [3.63, 3.8) is 0 Å². The summed E-state index contributed by atoms with van der Waals surface area (Å²) in [4.78, 5) is 22.3. The van der Waals surface area contributed by atoms with Crippen molar-refractivity contribution in [3.05, 3.63) is 48.0 Å². The maximum Gasteiger partial charge on any atom is 0.362 e. The lowest BCUT2D eigenvalue weighted by Gasteiger charge is -2.17. The third kappa shape index (κ3) is 7.58. The van der Waals surface area contributed by atoms with Gasteiger partial charge in [0.15, 0.2) is 0 Å². The van der Waals surface area contributed by atoms with Crippen LogP contribution in [0.2, 0.25) is 0 Å². The number of ether oxygens (including phenoxy) is 1. The molecule has 0 bridgehead atoms. The number of esters is 1. The highest BCUT2D eigenvalue weighted by atomic mass is 19.1. The maximum absolute atomic E-state index is 12.8. The minimum atomic E-state index is -0.835. The topological polar surface area (TPSA) is 91.2 Å². The number of carbonyl (C=O) groups is 2. The van der Waals surface area contributed by atoms with E-state index in [1.807, 2.05) is 0 Å². The van der Waals surface area contributed by atoms with Crippen LogP contribution in [0.3, 0.4) is 0 Å². The molecule has 0 atom stereocenters. The van der Waals surface area contributed by atoms with E-state index in [0.29, 0.717) is 32.3 Å². The molecule has 0 aliphatic heterocycles. The Kier molecular flexibility index (Phi) is 8.87. The maximum atomic E-state index is 12.8. The van der Waals surface area contributed by atoms with Gasteiger partial charge in [-0.3, -0.25) is 5.01 Å². The van der Waals surface area contributed by atoms with Crippen LogP contribution in [0.1, 0.15) is 12.0 Å². The number of methoxy groups -OCH3 is 1. The van der Waals surface area contributed by atoms with E-state index in [2.05, 4.69) is 21.7 Å². The van der Waals surface area contributed by atoms with Gasteiger partial charge in [0.1, 0.15) is 17.9 Å². The number of hydrazone groups is 1. The molecule has 0 heterocycles. The first-order valence-corrected chi connectivity index (χ1v) is 7.66. The first-order valence-electron chi connectivity index (χ1n) is 7.66. The van der Waals surface area contributed by atoms with E-state index in [1.54, 1.807) is 12.1 Å². The van der Waals surface area contributed by atoms with Gasteiger partial charge < -0.3 is 20.0 Å². The molecule has 1 rings (SSSR count). The SMILES string of the molecule is C=C(O)/C(=N\N(CC=O)CCCNCc1ccc(F)cc1)C(=O)OC. The predicted molar refractivity (Wildman–Crippen MR) is 91.6 cm³/mol. The van der Waals surface area contributed by atoms with Crippen LogP contribution >= 0.6 is 0 Å². The van der Waals surface area contributed by atoms with Crippen LogP contribution in [0, 0.1) is 5.82 Å². The molecular weight excluding hydrogens is 329 g/mol. The quantitative estimate of drug-likeness (QED) is 0.156. The van der Waals surface area contributed by atoms with Gasteiger partial charge in [0.2, 0.25) is 5.71 Å². The van der Waals surface area contributed by atoms with Crippen molar-refractivity contribution in [1.82, 2.24) is 10.3 Å². The summed E-state index contributed by atoms with van der Waals surface area (Å²) in [5.74, 6) is -1.65. The molecule has 0 unspecified atom stereocenters. The average molecular weight is 351 g/mol. The fourth-order valence-corrected chi connectivity index (χ4v) is 1.94. The molecule has 7 nitrogen and oxygen atoms in total. The number of rotatable bonds is 11. The minimum Gasteiger partial charge on any atom is -0.506 e. The summed E-state index contributed by atoms with van der Waals surface area (Å²) < 4.78 is 17.3. The Morgan fingerprint density at radius 2 is 2.12 bits per heavy atom. The first kappa shape index (κ1) is 20.3. The van der Waals surface area contributed by atoms with Gasteiger partial charge in [-0.05, 0) is 30.7 Å². The lowest BCUT2D eigenvalue weighted by atomic mass is 10.2. The summed E-state index contributed by atoms with van der Waals surface area (Å²) in [6.45, 7) is 4.80. The van der Waals surface area contributed by atoms with Gasteiger partial charge in [-0.2, -0.15) is 5.10 Å².